The summed E-state index contributed by atoms with van der Waals surface area (Å²) in [5, 5.41) is 0. The third-order valence-corrected chi connectivity index (χ3v) is 4.33. The molecule has 0 radical (unpaired) electrons. The van der Waals surface area contributed by atoms with Crippen LogP contribution in [0, 0.1) is 0 Å². The molecule has 0 aliphatic carbocycles. The highest BCUT2D eigenvalue weighted by Crippen LogP contribution is 2.46. The maximum atomic E-state index is 11.2. The van der Waals surface area contributed by atoms with Gasteiger partial charge in [-0.3, -0.25) is 4.79 Å². The van der Waals surface area contributed by atoms with Gasteiger partial charge in [-0.25, -0.2) is 0 Å². The molecule has 0 unspecified atom stereocenters. The molecule has 3 heteroatoms. The zero-order valence-corrected chi connectivity index (χ0v) is 10.2. The van der Waals surface area contributed by atoms with Crippen LogP contribution in [0.1, 0.15) is 18.4 Å². The van der Waals surface area contributed by atoms with Crippen LogP contribution in [0.5, 0.6) is 0 Å². The molecule has 0 atom stereocenters. The fourth-order valence-corrected chi connectivity index (χ4v) is 3.24. The minimum absolute atomic E-state index is 0.212. The highest BCUT2D eigenvalue weighted by atomic mass is 16.1. The summed E-state index contributed by atoms with van der Waals surface area (Å²) in [6, 6.07) is 8.37. The molecular weight excluding hydrogens is 212 g/mol. The van der Waals surface area contributed by atoms with Crippen LogP contribution in [0.2, 0.25) is 0 Å². The summed E-state index contributed by atoms with van der Waals surface area (Å²) >= 11 is 0. The number of hydrogen-bond donors (Lipinski definition) is 0. The Hall–Kier alpha value is -1.35. The van der Waals surface area contributed by atoms with Crippen LogP contribution in [-0.4, -0.2) is 38.0 Å². The molecule has 1 saturated heterocycles. The predicted octanol–water partition coefficient (Wildman–Crippen LogP) is 1.63. The molecule has 0 saturated carbocycles. The highest BCUT2D eigenvalue weighted by Gasteiger charge is 2.43. The molecule has 1 fully saturated rings. The minimum atomic E-state index is 0.212. The van der Waals surface area contributed by atoms with Gasteiger partial charge in [0.2, 0.25) is 6.41 Å². The lowest BCUT2D eigenvalue weighted by molar-refractivity contribution is -0.107. The molecule has 1 aromatic carbocycles. The van der Waals surface area contributed by atoms with Crippen LogP contribution in [0.25, 0.3) is 0 Å². The van der Waals surface area contributed by atoms with Crippen LogP contribution >= 0.6 is 0 Å². The van der Waals surface area contributed by atoms with E-state index in [2.05, 4.69) is 30.1 Å². The van der Waals surface area contributed by atoms with Crippen LogP contribution in [-0.2, 0) is 10.2 Å². The largest absolute Gasteiger partial charge is 0.314 e. The third-order valence-electron chi connectivity index (χ3n) is 4.33. The van der Waals surface area contributed by atoms with Crippen molar-refractivity contribution in [1.29, 1.82) is 0 Å². The van der Waals surface area contributed by atoms with Crippen molar-refractivity contribution in [2.24, 2.45) is 0 Å². The smallest absolute Gasteiger partial charge is 0.214 e. The lowest BCUT2D eigenvalue weighted by Gasteiger charge is -2.38. The zero-order chi connectivity index (χ0) is 11.9. The number of piperidine rings is 1. The Labute approximate surface area is 102 Å². The van der Waals surface area contributed by atoms with Crippen molar-refractivity contribution in [2.45, 2.75) is 18.3 Å². The number of anilines is 1. The Morgan fingerprint density at radius 3 is 2.65 bits per heavy atom. The SMILES string of the molecule is CN1CCC2(CC1)CN(C=O)c1ccccc12. The van der Waals surface area contributed by atoms with Crippen molar-refractivity contribution in [1.82, 2.24) is 4.90 Å². The summed E-state index contributed by atoms with van der Waals surface area (Å²) in [4.78, 5) is 15.4. The molecule has 0 bridgehead atoms. The van der Waals surface area contributed by atoms with E-state index < -0.39 is 0 Å². The third kappa shape index (κ3) is 1.57. The van der Waals surface area contributed by atoms with E-state index in [1.54, 1.807) is 0 Å². The lowest BCUT2D eigenvalue weighted by Crippen LogP contribution is -2.43. The van der Waals surface area contributed by atoms with Crippen molar-refractivity contribution < 1.29 is 4.79 Å². The van der Waals surface area contributed by atoms with Crippen LogP contribution in [0.15, 0.2) is 24.3 Å². The first-order valence-electron chi connectivity index (χ1n) is 6.25. The summed E-state index contributed by atoms with van der Waals surface area (Å²) in [5.41, 5.74) is 2.71. The zero-order valence-electron chi connectivity index (χ0n) is 10.2. The average molecular weight is 230 g/mol. The molecule has 2 aliphatic rings. The number of para-hydroxylation sites is 1. The molecule has 0 N–H and O–H groups in total. The van der Waals surface area contributed by atoms with Gasteiger partial charge in [0, 0.05) is 17.6 Å². The normalized spacial score (nSPS) is 22.8. The number of likely N-dealkylation sites (tertiary alicyclic amines) is 1. The fourth-order valence-electron chi connectivity index (χ4n) is 3.24. The highest BCUT2D eigenvalue weighted by molar-refractivity contribution is 5.81. The van der Waals surface area contributed by atoms with Crippen molar-refractivity contribution in [3.8, 4) is 0 Å². The first-order chi connectivity index (χ1) is 8.25. The van der Waals surface area contributed by atoms with Gasteiger partial charge in [0.1, 0.15) is 0 Å². The van der Waals surface area contributed by atoms with E-state index in [-0.39, 0.29) is 5.41 Å². The number of amides is 1. The Kier molecular flexibility index (Phi) is 2.44. The van der Waals surface area contributed by atoms with Crippen molar-refractivity contribution in [3.63, 3.8) is 0 Å². The molecule has 90 valence electrons. The number of nitrogens with zero attached hydrogens (tertiary/aromatic N) is 2. The van der Waals surface area contributed by atoms with E-state index in [9.17, 15) is 4.79 Å². The van der Waals surface area contributed by atoms with Crippen molar-refractivity contribution in [3.05, 3.63) is 29.8 Å². The Morgan fingerprint density at radius 1 is 1.24 bits per heavy atom. The quantitative estimate of drug-likeness (QED) is 0.685. The number of fused-ring (bicyclic) bond motifs is 2. The molecule has 2 heterocycles. The van der Waals surface area contributed by atoms with Gasteiger partial charge >= 0.3 is 0 Å². The van der Waals surface area contributed by atoms with Crippen molar-refractivity contribution in [2.75, 3.05) is 31.6 Å². The fraction of sp³-hybridized carbons (Fsp3) is 0.500. The average Bonchev–Trinajstić information content (AvgIpc) is 2.68. The molecular formula is C14H18N2O. The first-order valence-corrected chi connectivity index (χ1v) is 6.25. The Morgan fingerprint density at radius 2 is 1.94 bits per heavy atom. The van der Waals surface area contributed by atoms with Gasteiger partial charge in [-0.2, -0.15) is 0 Å². The minimum Gasteiger partial charge on any atom is -0.314 e. The molecule has 1 aromatic rings. The lowest BCUT2D eigenvalue weighted by atomic mass is 9.74. The van der Waals surface area contributed by atoms with E-state index in [1.807, 2.05) is 11.0 Å². The maximum absolute atomic E-state index is 11.2. The summed E-state index contributed by atoms with van der Waals surface area (Å²) in [6.07, 6.45) is 3.29. The first kappa shape index (κ1) is 10.8. The molecule has 2 aliphatic heterocycles. The van der Waals surface area contributed by atoms with E-state index in [0.29, 0.717) is 0 Å². The second kappa shape index (κ2) is 3.84. The number of benzene rings is 1. The Balaban J connectivity index is 2.01. The number of hydrogen-bond acceptors (Lipinski definition) is 2. The molecule has 17 heavy (non-hydrogen) atoms. The van der Waals surface area contributed by atoms with E-state index in [1.165, 1.54) is 5.56 Å². The van der Waals surface area contributed by atoms with E-state index in [0.717, 1.165) is 44.6 Å². The van der Waals surface area contributed by atoms with Gasteiger partial charge in [0.25, 0.3) is 0 Å². The Bertz CT molecular complexity index is 436. The molecule has 1 spiro atoms. The monoisotopic (exact) mass is 230 g/mol. The summed E-state index contributed by atoms with van der Waals surface area (Å²) in [7, 11) is 2.17. The van der Waals surface area contributed by atoms with Crippen LogP contribution in [0.4, 0.5) is 5.69 Å². The molecule has 3 rings (SSSR count). The number of carbonyl (C=O) groups is 1. The molecule has 0 aromatic heterocycles. The van der Waals surface area contributed by atoms with Gasteiger partial charge in [0.15, 0.2) is 0 Å². The summed E-state index contributed by atoms with van der Waals surface area (Å²) in [6.45, 7) is 3.12. The van der Waals surface area contributed by atoms with Crippen LogP contribution < -0.4 is 4.90 Å². The van der Waals surface area contributed by atoms with Gasteiger partial charge in [0.05, 0.1) is 0 Å². The van der Waals surface area contributed by atoms with Gasteiger partial charge < -0.3 is 9.80 Å². The summed E-state index contributed by atoms with van der Waals surface area (Å²) < 4.78 is 0. The predicted molar refractivity (Wildman–Crippen MR) is 68.3 cm³/mol. The van der Waals surface area contributed by atoms with Crippen LogP contribution in [0.3, 0.4) is 0 Å². The maximum Gasteiger partial charge on any atom is 0.214 e. The van der Waals surface area contributed by atoms with Gasteiger partial charge in [-0.15, -0.1) is 0 Å². The number of rotatable bonds is 1. The second-order valence-corrected chi connectivity index (χ2v) is 5.33. The van der Waals surface area contributed by atoms with Crippen molar-refractivity contribution >= 4 is 12.1 Å². The summed E-state index contributed by atoms with van der Waals surface area (Å²) in [5.74, 6) is 0. The number of carbonyl (C=O) groups excluding carboxylic acids is 1. The molecule has 1 amide bonds. The van der Waals surface area contributed by atoms with E-state index >= 15 is 0 Å². The molecule has 3 nitrogen and oxygen atoms in total. The topological polar surface area (TPSA) is 23.6 Å². The second-order valence-electron chi connectivity index (χ2n) is 5.33. The standard InChI is InChI=1S/C14H18N2O/c1-15-8-6-14(7-9-15)10-16(11-17)13-5-3-2-4-12(13)14/h2-5,11H,6-10H2,1H3. The van der Waals surface area contributed by atoms with E-state index in [4.69, 9.17) is 0 Å². The van der Waals surface area contributed by atoms with Gasteiger partial charge in [-0.05, 0) is 44.6 Å². The van der Waals surface area contributed by atoms with Gasteiger partial charge in [-0.1, -0.05) is 18.2 Å².